The predicted molar refractivity (Wildman–Crippen MR) is 103 cm³/mol. The average Bonchev–Trinajstić information content (AvgIpc) is 2.51. The van der Waals surface area contributed by atoms with E-state index < -0.39 is 8.32 Å². The first-order valence-electron chi connectivity index (χ1n) is 8.75. The standard InChI is InChI=1S/C20H30O4Si/c1-7-18(24-25(4,5)6)14-15-22-19-11-9-8-10-17(19)12-13-20(21)23-16(2)3/h1,8-11,16,18H,12-15H2,2-6H3. The van der Waals surface area contributed by atoms with Crippen molar-refractivity contribution in [3.63, 3.8) is 0 Å². The van der Waals surface area contributed by atoms with Gasteiger partial charge in [-0.15, -0.1) is 6.42 Å². The first kappa shape index (κ1) is 21.3. The van der Waals surface area contributed by atoms with Crippen molar-refractivity contribution in [1.82, 2.24) is 0 Å². The number of carbonyl (C=O) groups excluding carboxylic acids is 1. The van der Waals surface area contributed by atoms with Gasteiger partial charge in [-0.2, -0.15) is 0 Å². The third-order valence-corrected chi connectivity index (χ3v) is 4.25. The van der Waals surface area contributed by atoms with Crippen LogP contribution in [0.4, 0.5) is 0 Å². The molecule has 1 aromatic rings. The SMILES string of the molecule is C#CC(CCOc1ccccc1CCC(=O)OC(C)C)O[Si](C)(C)C. The lowest BCUT2D eigenvalue weighted by Gasteiger charge is -2.23. The molecule has 138 valence electrons. The Bertz CT molecular complexity index is 584. The van der Waals surface area contributed by atoms with Gasteiger partial charge >= 0.3 is 5.97 Å². The highest BCUT2D eigenvalue weighted by Crippen LogP contribution is 2.20. The van der Waals surface area contributed by atoms with Crippen LogP contribution in [0.2, 0.25) is 19.6 Å². The minimum atomic E-state index is -1.67. The summed E-state index contributed by atoms with van der Waals surface area (Å²) in [6.07, 6.45) is 6.81. The van der Waals surface area contributed by atoms with Gasteiger partial charge in [-0.3, -0.25) is 4.79 Å². The summed E-state index contributed by atoms with van der Waals surface area (Å²) in [5.41, 5.74) is 0.992. The smallest absolute Gasteiger partial charge is 0.306 e. The van der Waals surface area contributed by atoms with Crippen molar-refractivity contribution in [3.05, 3.63) is 29.8 Å². The van der Waals surface area contributed by atoms with Gasteiger partial charge in [0.05, 0.1) is 12.7 Å². The summed E-state index contributed by atoms with van der Waals surface area (Å²) >= 11 is 0. The number of para-hydroxylation sites is 1. The van der Waals surface area contributed by atoms with Crippen LogP contribution in [0.5, 0.6) is 5.75 Å². The fourth-order valence-electron chi connectivity index (χ4n) is 2.29. The molecule has 0 saturated carbocycles. The Kier molecular flexibility index (Phi) is 8.74. The average molecular weight is 363 g/mol. The Hall–Kier alpha value is -1.77. The van der Waals surface area contributed by atoms with Crippen LogP contribution in [0.1, 0.15) is 32.3 Å². The van der Waals surface area contributed by atoms with E-state index in [1.807, 2.05) is 38.1 Å². The van der Waals surface area contributed by atoms with Crippen molar-refractivity contribution in [2.24, 2.45) is 0 Å². The van der Waals surface area contributed by atoms with Crippen molar-refractivity contribution >= 4 is 14.3 Å². The molecule has 5 heteroatoms. The van der Waals surface area contributed by atoms with Crippen molar-refractivity contribution in [2.75, 3.05) is 6.61 Å². The molecule has 1 unspecified atom stereocenters. The molecule has 4 nitrogen and oxygen atoms in total. The van der Waals surface area contributed by atoms with Crippen molar-refractivity contribution in [2.45, 2.75) is 65.0 Å². The zero-order chi connectivity index (χ0) is 18.9. The number of esters is 1. The van der Waals surface area contributed by atoms with E-state index in [2.05, 4.69) is 25.6 Å². The second-order valence-electron chi connectivity index (χ2n) is 7.17. The zero-order valence-corrected chi connectivity index (χ0v) is 17.0. The monoisotopic (exact) mass is 362 g/mol. The van der Waals surface area contributed by atoms with Gasteiger partial charge in [-0.1, -0.05) is 24.1 Å². The van der Waals surface area contributed by atoms with Crippen LogP contribution in [0.25, 0.3) is 0 Å². The number of terminal acetylenes is 1. The molecule has 0 heterocycles. The third kappa shape index (κ3) is 9.33. The van der Waals surface area contributed by atoms with Gasteiger partial charge in [0.2, 0.25) is 0 Å². The molecule has 0 spiro atoms. The molecule has 1 aromatic carbocycles. The lowest BCUT2D eigenvalue weighted by atomic mass is 10.1. The van der Waals surface area contributed by atoms with Crippen LogP contribution in [-0.4, -0.2) is 33.1 Å². The Labute approximate surface area is 153 Å². The van der Waals surface area contributed by atoms with Gasteiger partial charge in [0.15, 0.2) is 8.32 Å². The molecule has 0 aliphatic heterocycles. The van der Waals surface area contributed by atoms with Crippen LogP contribution < -0.4 is 4.74 Å². The Morgan fingerprint density at radius 2 is 1.92 bits per heavy atom. The molecular formula is C20H30O4Si. The number of ether oxygens (including phenoxy) is 2. The van der Waals surface area contributed by atoms with E-state index in [0.29, 0.717) is 25.9 Å². The van der Waals surface area contributed by atoms with Crippen molar-refractivity contribution in [1.29, 1.82) is 0 Å². The molecule has 0 aliphatic rings. The summed E-state index contributed by atoms with van der Waals surface area (Å²) in [5, 5.41) is 0. The van der Waals surface area contributed by atoms with Gasteiger partial charge in [-0.25, -0.2) is 0 Å². The van der Waals surface area contributed by atoms with Crippen LogP contribution >= 0.6 is 0 Å². The molecule has 0 fully saturated rings. The minimum absolute atomic E-state index is 0.0916. The highest BCUT2D eigenvalue weighted by Gasteiger charge is 2.19. The van der Waals surface area contributed by atoms with Crippen molar-refractivity contribution < 1.29 is 18.7 Å². The number of aryl methyl sites for hydroxylation is 1. The van der Waals surface area contributed by atoms with E-state index >= 15 is 0 Å². The Morgan fingerprint density at radius 3 is 2.52 bits per heavy atom. The maximum atomic E-state index is 11.7. The van der Waals surface area contributed by atoms with Gasteiger partial charge in [0, 0.05) is 12.8 Å². The number of benzene rings is 1. The summed E-state index contributed by atoms with van der Waals surface area (Å²) in [6.45, 7) is 10.5. The second-order valence-corrected chi connectivity index (χ2v) is 11.6. The van der Waals surface area contributed by atoms with Gasteiger partial charge in [0.1, 0.15) is 11.9 Å². The zero-order valence-electron chi connectivity index (χ0n) is 16.0. The molecule has 0 saturated heterocycles. The molecule has 25 heavy (non-hydrogen) atoms. The highest BCUT2D eigenvalue weighted by atomic mass is 28.4. The van der Waals surface area contributed by atoms with Crippen LogP contribution in [0, 0.1) is 12.3 Å². The fourth-order valence-corrected chi connectivity index (χ4v) is 3.33. The summed E-state index contributed by atoms with van der Waals surface area (Å²) < 4.78 is 17.0. The first-order valence-corrected chi connectivity index (χ1v) is 12.2. The highest BCUT2D eigenvalue weighted by molar-refractivity contribution is 6.69. The quantitative estimate of drug-likeness (QED) is 0.356. The molecule has 0 amide bonds. The van der Waals surface area contributed by atoms with Crippen LogP contribution in [-0.2, 0) is 20.4 Å². The maximum Gasteiger partial charge on any atom is 0.306 e. The van der Waals surface area contributed by atoms with Gasteiger partial charge < -0.3 is 13.9 Å². The van der Waals surface area contributed by atoms with E-state index in [0.717, 1.165) is 11.3 Å². The molecule has 0 N–H and O–H groups in total. The van der Waals surface area contributed by atoms with E-state index in [1.165, 1.54) is 0 Å². The first-order chi connectivity index (χ1) is 11.7. The number of hydrogen-bond donors (Lipinski definition) is 0. The summed E-state index contributed by atoms with van der Waals surface area (Å²) in [5.74, 6) is 3.28. The van der Waals surface area contributed by atoms with E-state index in [1.54, 1.807) is 0 Å². The van der Waals surface area contributed by atoms with E-state index in [4.69, 9.17) is 20.3 Å². The predicted octanol–water partition coefficient (Wildman–Crippen LogP) is 4.19. The molecular weight excluding hydrogens is 332 g/mol. The molecule has 0 aromatic heterocycles. The number of carbonyl (C=O) groups is 1. The number of rotatable bonds is 10. The van der Waals surface area contributed by atoms with E-state index in [-0.39, 0.29) is 18.2 Å². The number of hydrogen-bond acceptors (Lipinski definition) is 4. The lowest BCUT2D eigenvalue weighted by Crippen LogP contribution is -2.32. The van der Waals surface area contributed by atoms with Gasteiger partial charge in [-0.05, 0) is 51.5 Å². The van der Waals surface area contributed by atoms with Crippen LogP contribution in [0.3, 0.4) is 0 Å². The Morgan fingerprint density at radius 1 is 1.24 bits per heavy atom. The molecule has 1 atom stereocenters. The topological polar surface area (TPSA) is 44.8 Å². The normalized spacial score (nSPS) is 12.5. The summed E-state index contributed by atoms with van der Waals surface area (Å²) in [7, 11) is -1.67. The second kappa shape index (κ2) is 10.3. The molecule has 0 aliphatic carbocycles. The van der Waals surface area contributed by atoms with Crippen LogP contribution in [0.15, 0.2) is 24.3 Å². The lowest BCUT2D eigenvalue weighted by molar-refractivity contribution is -0.147. The third-order valence-electron chi connectivity index (χ3n) is 3.26. The molecule has 0 radical (unpaired) electrons. The minimum Gasteiger partial charge on any atom is -0.493 e. The summed E-state index contributed by atoms with van der Waals surface area (Å²) in [6, 6.07) is 7.74. The summed E-state index contributed by atoms with van der Waals surface area (Å²) in [4.78, 5) is 11.7. The van der Waals surface area contributed by atoms with E-state index in [9.17, 15) is 4.79 Å². The fraction of sp³-hybridized carbons (Fsp3) is 0.550. The molecule has 1 rings (SSSR count). The molecule has 0 bridgehead atoms. The van der Waals surface area contributed by atoms with Gasteiger partial charge in [0.25, 0.3) is 0 Å². The Balaban J connectivity index is 2.54. The van der Waals surface area contributed by atoms with Crippen molar-refractivity contribution in [3.8, 4) is 18.1 Å². The maximum absolute atomic E-state index is 11.7. The largest absolute Gasteiger partial charge is 0.493 e.